The summed E-state index contributed by atoms with van der Waals surface area (Å²) in [5.41, 5.74) is 1.88. The Morgan fingerprint density at radius 1 is 0.818 bits per heavy atom. The normalized spacial score (nSPS) is 9.86. The Kier molecular flexibility index (Phi) is 9.38. The number of phenols is 3. The average molecular weight is 386 g/mol. The first-order chi connectivity index (χ1) is 10.0. The van der Waals surface area contributed by atoms with E-state index in [1.54, 1.807) is 6.07 Å². The Hall–Kier alpha value is -1.06. The third-order valence-electron chi connectivity index (χ3n) is 2.27. The number of para-hydroxylation sites is 1. The lowest BCUT2D eigenvalue weighted by atomic mass is 10.1. The third kappa shape index (κ3) is 11.6. The quantitative estimate of drug-likeness (QED) is 0.492. The summed E-state index contributed by atoms with van der Waals surface area (Å²) < 4.78 is 9.51. The Bertz CT molecular complexity index is 598. The van der Waals surface area contributed by atoms with Gasteiger partial charge in [0.15, 0.2) is 0 Å². The molecular weight excluding hydrogens is 369 g/mol. The highest BCUT2D eigenvalue weighted by Crippen LogP contribution is 2.61. The first kappa shape index (κ1) is 20.9. The number of halogens is 3. The van der Waals surface area contributed by atoms with Crippen molar-refractivity contribution >= 4 is 38.9 Å². The van der Waals surface area contributed by atoms with Crippen LogP contribution in [0, 0.1) is 13.8 Å². The summed E-state index contributed by atoms with van der Waals surface area (Å²) in [6, 6.07) is 11.6. The summed E-state index contributed by atoms with van der Waals surface area (Å²) in [6.07, 6.45) is 0. The Morgan fingerprint density at radius 3 is 1.36 bits per heavy atom. The third-order valence-corrected chi connectivity index (χ3v) is 2.27. The molecule has 122 valence electrons. The zero-order valence-corrected chi connectivity index (χ0v) is 15.0. The van der Waals surface area contributed by atoms with Gasteiger partial charge in [-0.05, 0) is 70.8 Å². The van der Waals surface area contributed by atoms with Gasteiger partial charge in [0.1, 0.15) is 17.2 Å². The summed E-state index contributed by atoms with van der Waals surface area (Å²) in [5.74, 6) is 0.590. The second kappa shape index (κ2) is 9.86. The van der Waals surface area contributed by atoms with Crippen molar-refractivity contribution in [3.8, 4) is 17.2 Å². The second-order valence-electron chi connectivity index (χ2n) is 4.16. The van der Waals surface area contributed by atoms with Gasteiger partial charge < -0.3 is 15.3 Å². The van der Waals surface area contributed by atoms with E-state index in [2.05, 4.69) is 33.7 Å². The van der Waals surface area contributed by atoms with Gasteiger partial charge in [0.25, 0.3) is 0 Å². The molecule has 22 heavy (non-hydrogen) atoms. The number of benzene rings is 2. The first-order valence-electron chi connectivity index (χ1n) is 5.93. The van der Waals surface area contributed by atoms with Crippen molar-refractivity contribution in [1.29, 1.82) is 0 Å². The summed E-state index contributed by atoms with van der Waals surface area (Å²) in [7, 11) is 0. The fraction of sp³-hybridized carbons (Fsp3) is 0.143. The van der Waals surface area contributed by atoms with E-state index in [-0.39, 0.29) is 11.5 Å². The summed E-state index contributed by atoms with van der Waals surface area (Å²) >= 11 is 13.8. The van der Waals surface area contributed by atoms with Crippen molar-refractivity contribution in [3.05, 3.63) is 53.6 Å². The highest BCUT2D eigenvalue weighted by molar-refractivity contribution is 8.24. The van der Waals surface area contributed by atoms with Crippen molar-refractivity contribution < 1.29 is 19.9 Å². The van der Waals surface area contributed by atoms with Gasteiger partial charge in [-0.1, -0.05) is 24.3 Å². The molecule has 0 aliphatic heterocycles. The van der Waals surface area contributed by atoms with Gasteiger partial charge in [-0.25, -0.2) is 0 Å². The highest BCUT2D eigenvalue weighted by Gasteiger charge is 2.03. The van der Waals surface area contributed by atoms with Gasteiger partial charge in [-0.2, -0.15) is 0 Å². The lowest BCUT2D eigenvalue weighted by Gasteiger charge is -1.99. The SMILES string of the molecule is Cc1cccc(C)c1O.O=P(Cl)(Cl)Cl.Oc1cccc(O)c1. The fourth-order valence-corrected chi connectivity index (χ4v) is 1.30. The van der Waals surface area contributed by atoms with Gasteiger partial charge in [-0.15, -0.1) is 0 Å². The van der Waals surface area contributed by atoms with E-state index in [1.165, 1.54) is 18.2 Å². The summed E-state index contributed by atoms with van der Waals surface area (Å²) in [6.45, 7) is 3.78. The van der Waals surface area contributed by atoms with Gasteiger partial charge in [0, 0.05) is 6.07 Å². The molecule has 0 atom stereocenters. The van der Waals surface area contributed by atoms with Crippen molar-refractivity contribution in [2.75, 3.05) is 0 Å². The van der Waals surface area contributed by atoms with Crippen LogP contribution >= 0.6 is 38.9 Å². The Balaban J connectivity index is 0.000000315. The molecule has 0 aliphatic carbocycles. The van der Waals surface area contributed by atoms with E-state index in [0.29, 0.717) is 5.75 Å². The minimum Gasteiger partial charge on any atom is -0.508 e. The maximum absolute atomic E-state index is 9.51. The molecule has 2 aromatic carbocycles. The van der Waals surface area contributed by atoms with Crippen LogP contribution in [-0.4, -0.2) is 15.3 Å². The first-order valence-corrected chi connectivity index (χ1v) is 10.3. The van der Waals surface area contributed by atoms with Crippen molar-refractivity contribution in [2.45, 2.75) is 13.8 Å². The average Bonchev–Trinajstić information content (AvgIpc) is 2.34. The number of rotatable bonds is 0. The van der Waals surface area contributed by atoms with Crippen LogP contribution in [0.5, 0.6) is 17.2 Å². The van der Waals surface area contributed by atoms with E-state index in [4.69, 9.17) is 10.2 Å². The molecule has 0 aromatic heterocycles. The lowest BCUT2D eigenvalue weighted by Crippen LogP contribution is -1.76. The number of aryl methyl sites for hydroxylation is 2. The van der Waals surface area contributed by atoms with Gasteiger partial charge >= 0.3 is 5.20 Å². The molecule has 0 amide bonds. The van der Waals surface area contributed by atoms with E-state index in [0.717, 1.165) is 11.1 Å². The van der Waals surface area contributed by atoms with Crippen LogP contribution in [0.3, 0.4) is 0 Å². The smallest absolute Gasteiger partial charge is 0.339 e. The zero-order chi connectivity index (χ0) is 17.3. The molecule has 0 bridgehead atoms. The molecule has 2 aromatic rings. The molecule has 0 radical (unpaired) electrons. The zero-order valence-electron chi connectivity index (χ0n) is 11.9. The minimum atomic E-state index is -3.22. The van der Waals surface area contributed by atoms with Crippen LogP contribution in [0.25, 0.3) is 0 Å². The Labute approximate surface area is 143 Å². The van der Waals surface area contributed by atoms with Gasteiger partial charge in [-0.3, -0.25) is 4.57 Å². The molecular formula is C14H16Cl3O4P. The van der Waals surface area contributed by atoms with Crippen LogP contribution in [-0.2, 0) is 4.57 Å². The topological polar surface area (TPSA) is 77.8 Å². The maximum atomic E-state index is 9.51. The van der Waals surface area contributed by atoms with E-state index >= 15 is 0 Å². The molecule has 8 heteroatoms. The molecule has 0 saturated carbocycles. The van der Waals surface area contributed by atoms with E-state index < -0.39 is 5.20 Å². The van der Waals surface area contributed by atoms with Crippen LogP contribution in [0.4, 0.5) is 0 Å². The molecule has 3 N–H and O–H groups in total. The monoisotopic (exact) mass is 384 g/mol. The highest BCUT2D eigenvalue weighted by atomic mass is 36.0. The number of hydrogen-bond acceptors (Lipinski definition) is 4. The predicted molar refractivity (Wildman–Crippen MR) is 92.5 cm³/mol. The number of hydrogen-bond donors (Lipinski definition) is 3. The number of phenolic OH excluding ortho intramolecular Hbond substituents is 3. The van der Waals surface area contributed by atoms with Crippen LogP contribution in [0.15, 0.2) is 42.5 Å². The van der Waals surface area contributed by atoms with Crippen molar-refractivity contribution in [2.24, 2.45) is 0 Å². The van der Waals surface area contributed by atoms with Gasteiger partial charge in [0.2, 0.25) is 0 Å². The molecule has 0 fully saturated rings. The van der Waals surface area contributed by atoms with E-state index in [9.17, 15) is 9.67 Å². The molecule has 0 saturated heterocycles. The van der Waals surface area contributed by atoms with Crippen molar-refractivity contribution in [1.82, 2.24) is 0 Å². The molecule has 4 nitrogen and oxygen atoms in total. The summed E-state index contributed by atoms with van der Waals surface area (Å²) in [5, 5.41) is 23.3. The number of aromatic hydroxyl groups is 3. The standard InChI is InChI=1S/C8H10O.C6H6O2.Cl3OP/c1-6-4-3-5-7(2)8(6)9;7-5-2-1-3-6(8)4-5;1-5(2,3)4/h3-5,9H,1-2H3;1-4,7-8H;. The van der Waals surface area contributed by atoms with Crippen molar-refractivity contribution in [3.63, 3.8) is 0 Å². The second-order valence-corrected chi connectivity index (χ2v) is 10.8. The molecule has 2 rings (SSSR count). The van der Waals surface area contributed by atoms with Crippen LogP contribution in [0.2, 0.25) is 0 Å². The molecule has 0 aliphatic rings. The Morgan fingerprint density at radius 2 is 1.14 bits per heavy atom. The molecule has 0 heterocycles. The molecule has 0 spiro atoms. The van der Waals surface area contributed by atoms with Gasteiger partial charge in [0.05, 0.1) is 0 Å². The largest absolute Gasteiger partial charge is 0.508 e. The van der Waals surface area contributed by atoms with E-state index in [1.807, 2.05) is 32.0 Å². The lowest BCUT2D eigenvalue weighted by molar-refractivity contribution is 0.450. The maximum Gasteiger partial charge on any atom is 0.339 e. The summed E-state index contributed by atoms with van der Waals surface area (Å²) in [4.78, 5) is 0. The fourth-order valence-electron chi connectivity index (χ4n) is 1.30. The van der Waals surface area contributed by atoms with Crippen LogP contribution < -0.4 is 0 Å². The molecule has 0 unspecified atom stereocenters. The van der Waals surface area contributed by atoms with Crippen LogP contribution in [0.1, 0.15) is 11.1 Å². The minimum absolute atomic E-state index is 0.0880. The predicted octanol–water partition coefficient (Wildman–Crippen LogP) is 5.92.